The fraction of sp³-hybridized carbons (Fsp3) is 0.583. The van der Waals surface area contributed by atoms with Gasteiger partial charge in [0, 0.05) is 12.7 Å². The Kier molecular flexibility index (Phi) is 4.52. The molecule has 19 heavy (non-hydrogen) atoms. The van der Waals surface area contributed by atoms with Gasteiger partial charge in [0.15, 0.2) is 0 Å². The maximum Gasteiger partial charge on any atom is 0.407 e. The molecule has 0 aliphatic rings. The Labute approximate surface area is 111 Å². The van der Waals surface area contributed by atoms with E-state index in [2.05, 4.69) is 10.4 Å². The van der Waals surface area contributed by atoms with Gasteiger partial charge in [0.1, 0.15) is 11.2 Å². The molecule has 0 aliphatic carbocycles. The standard InChI is InChI=1S/C12H19N3O4/c1-8-9(10(16)17)7-15(14-8)6-5-13-11(18)19-12(2,3)4/h7H,5-6H2,1-4H3,(H,13,18)(H,16,17). The Hall–Kier alpha value is -2.05. The number of carboxylic acids is 1. The lowest BCUT2D eigenvalue weighted by Gasteiger charge is -2.19. The van der Waals surface area contributed by atoms with Crippen LogP contribution in [0, 0.1) is 6.92 Å². The van der Waals surface area contributed by atoms with Crippen LogP contribution in [0.4, 0.5) is 4.79 Å². The molecule has 0 aliphatic heterocycles. The lowest BCUT2D eigenvalue weighted by molar-refractivity contribution is 0.0524. The smallest absolute Gasteiger partial charge is 0.407 e. The van der Waals surface area contributed by atoms with Gasteiger partial charge in [-0.25, -0.2) is 9.59 Å². The molecular weight excluding hydrogens is 250 g/mol. The minimum atomic E-state index is -1.01. The topological polar surface area (TPSA) is 93.5 Å². The second-order valence-corrected chi connectivity index (χ2v) is 5.13. The fourth-order valence-corrected chi connectivity index (χ4v) is 1.43. The average Bonchev–Trinajstić information content (AvgIpc) is 2.57. The summed E-state index contributed by atoms with van der Waals surface area (Å²) in [4.78, 5) is 22.2. The SMILES string of the molecule is Cc1nn(CCNC(=O)OC(C)(C)C)cc1C(=O)O. The Morgan fingerprint density at radius 1 is 1.47 bits per heavy atom. The van der Waals surface area contributed by atoms with E-state index < -0.39 is 17.7 Å². The molecule has 0 radical (unpaired) electrons. The van der Waals surface area contributed by atoms with Crippen LogP contribution in [0.15, 0.2) is 6.20 Å². The van der Waals surface area contributed by atoms with Gasteiger partial charge >= 0.3 is 12.1 Å². The number of ether oxygens (including phenoxy) is 1. The summed E-state index contributed by atoms with van der Waals surface area (Å²) < 4.78 is 6.55. The Morgan fingerprint density at radius 3 is 2.58 bits per heavy atom. The van der Waals surface area contributed by atoms with Crippen LogP contribution < -0.4 is 5.32 Å². The van der Waals surface area contributed by atoms with Gasteiger partial charge in [-0.2, -0.15) is 5.10 Å². The summed E-state index contributed by atoms with van der Waals surface area (Å²) in [6.45, 7) is 7.66. The number of carboxylic acid groups (broad SMARTS) is 1. The van der Waals surface area contributed by atoms with E-state index in [0.717, 1.165) is 0 Å². The lowest BCUT2D eigenvalue weighted by atomic mass is 10.2. The van der Waals surface area contributed by atoms with Crippen molar-refractivity contribution in [2.45, 2.75) is 39.8 Å². The van der Waals surface area contributed by atoms with Crippen molar-refractivity contribution < 1.29 is 19.4 Å². The quantitative estimate of drug-likeness (QED) is 0.862. The van der Waals surface area contributed by atoms with E-state index in [1.54, 1.807) is 27.7 Å². The molecule has 2 N–H and O–H groups in total. The van der Waals surface area contributed by atoms with Crippen LogP contribution in [0.5, 0.6) is 0 Å². The third-order valence-corrected chi connectivity index (χ3v) is 2.19. The van der Waals surface area contributed by atoms with Crippen LogP contribution in [-0.4, -0.2) is 39.1 Å². The van der Waals surface area contributed by atoms with Gasteiger partial charge in [-0.1, -0.05) is 0 Å². The first-order chi connectivity index (χ1) is 8.69. The highest BCUT2D eigenvalue weighted by atomic mass is 16.6. The minimum absolute atomic E-state index is 0.164. The highest BCUT2D eigenvalue weighted by Gasteiger charge is 2.16. The number of carbonyl (C=O) groups is 2. The molecule has 0 saturated heterocycles. The van der Waals surface area contributed by atoms with E-state index in [0.29, 0.717) is 18.8 Å². The zero-order chi connectivity index (χ0) is 14.6. The Balaban J connectivity index is 2.44. The number of amides is 1. The summed E-state index contributed by atoms with van der Waals surface area (Å²) in [5, 5.41) is 15.5. The van der Waals surface area contributed by atoms with E-state index in [9.17, 15) is 9.59 Å². The van der Waals surface area contributed by atoms with Crippen LogP contribution in [0.25, 0.3) is 0 Å². The molecule has 1 heterocycles. The maximum absolute atomic E-state index is 11.4. The van der Waals surface area contributed by atoms with Crippen molar-refractivity contribution in [3.05, 3.63) is 17.5 Å². The van der Waals surface area contributed by atoms with Gasteiger partial charge in [0.05, 0.1) is 12.2 Å². The van der Waals surface area contributed by atoms with Gasteiger partial charge in [-0.3, -0.25) is 4.68 Å². The predicted octanol–water partition coefficient (Wildman–Crippen LogP) is 1.41. The van der Waals surface area contributed by atoms with Crippen molar-refractivity contribution in [1.82, 2.24) is 15.1 Å². The summed E-state index contributed by atoms with van der Waals surface area (Å²) >= 11 is 0. The summed E-state index contributed by atoms with van der Waals surface area (Å²) in [6, 6.07) is 0. The fourth-order valence-electron chi connectivity index (χ4n) is 1.43. The molecule has 1 rings (SSSR count). The molecule has 0 bridgehead atoms. The van der Waals surface area contributed by atoms with E-state index in [1.807, 2.05) is 0 Å². The molecule has 1 amide bonds. The minimum Gasteiger partial charge on any atom is -0.478 e. The molecular formula is C12H19N3O4. The maximum atomic E-state index is 11.4. The van der Waals surface area contributed by atoms with Crippen LogP contribution >= 0.6 is 0 Å². The molecule has 7 heteroatoms. The third-order valence-electron chi connectivity index (χ3n) is 2.19. The van der Waals surface area contributed by atoms with E-state index in [-0.39, 0.29) is 5.56 Å². The van der Waals surface area contributed by atoms with Crippen LogP contribution in [-0.2, 0) is 11.3 Å². The summed E-state index contributed by atoms with van der Waals surface area (Å²) in [5.41, 5.74) is 0.0742. The highest BCUT2D eigenvalue weighted by Crippen LogP contribution is 2.07. The monoisotopic (exact) mass is 269 g/mol. The lowest BCUT2D eigenvalue weighted by Crippen LogP contribution is -2.34. The summed E-state index contributed by atoms with van der Waals surface area (Å²) in [5.74, 6) is -1.01. The summed E-state index contributed by atoms with van der Waals surface area (Å²) in [7, 11) is 0. The number of hydrogen-bond donors (Lipinski definition) is 2. The zero-order valence-electron chi connectivity index (χ0n) is 11.6. The van der Waals surface area contributed by atoms with Crippen LogP contribution in [0.2, 0.25) is 0 Å². The molecule has 1 aromatic rings. The van der Waals surface area contributed by atoms with Gasteiger partial charge in [-0.15, -0.1) is 0 Å². The second-order valence-electron chi connectivity index (χ2n) is 5.13. The Bertz CT molecular complexity index is 474. The van der Waals surface area contributed by atoms with Crippen molar-refractivity contribution in [2.24, 2.45) is 0 Å². The molecule has 1 aromatic heterocycles. The van der Waals surface area contributed by atoms with Gasteiger partial charge in [0.2, 0.25) is 0 Å². The Morgan fingerprint density at radius 2 is 2.11 bits per heavy atom. The van der Waals surface area contributed by atoms with Crippen molar-refractivity contribution in [3.63, 3.8) is 0 Å². The predicted molar refractivity (Wildman–Crippen MR) is 68.2 cm³/mol. The molecule has 0 atom stereocenters. The molecule has 0 aromatic carbocycles. The first kappa shape index (κ1) is 15.0. The number of carbonyl (C=O) groups excluding carboxylic acids is 1. The number of nitrogens with zero attached hydrogens (tertiary/aromatic N) is 2. The van der Waals surface area contributed by atoms with Gasteiger partial charge in [-0.05, 0) is 27.7 Å². The van der Waals surface area contributed by atoms with Crippen molar-refractivity contribution in [1.29, 1.82) is 0 Å². The molecule has 0 fully saturated rings. The number of alkyl carbamates (subject to hydrolysis) is 1. The number of aromatic carboxylic acids is 1. The van der Waals surface area contributed by atoms with Crippen LogP contribution in [0.3, 0.4) is 0 Å². The van der Waals surface area contributed by atoms with Crippen molar-refractivity contribution in [3.8, 4) is 0 Å². The molecule has 0 saturated carbocycles. The number of nitrogens with one attached hydrogen (secondary N) is 1. The van der Waals surface area contributed by atoms with Crippen LogP contribution in [0.1, 0.15) is 36.8 Å². The van der Waals surface area contributed by atoms with Gasteiger partial charge < -0.3 is 15.2 Å². The number of hydrogen-bond acceptors (Lipinski definition) is 4. The van der Waals surface area contributed by atoms with E-state index in [4.69, 9.17) is 9.84 Å². The van der Waals surface area contributed by atoms with E-state index >= 15 is 0 Å². The third kappa shape index (κ3) is 4.99. The molecule has 0 unspecified atom stereocenters. The molecule has 7 nitrogen and oxygen atoms in total. The first-order valence-corrected chi connectivity index (χ1v) is 5.93. The van der Waals surface area contributed by atoms with Gasteiger partial charge in [0.25, 0.3) is 0 Å². The molecule has 106 valence electrons. The normalized spacial score (nSPS) is 11.2. The van der Waals surface area contributed by atoms with Crippen molar-refractivity contribution >= 4 is 12.1 Å². The highest BCUT2D eigenvalue weighted by molar-refractivity contribution is 5.88. The first-order valence-electron chi connectivity index (χ1n) is 5.93. The second kappa shape index (κ2) is 5.73. The van der Waals surface area contributed by atoms with Crippen molar-refractivity contribution in [2.75, 3.05) is 6.54 Å². The summed E-state index contributed by atoms with van der Waals surface area (Å²) in [6.07, 6.45) is 0.934. The zero-order valence-corrected chi connectivity index (χ0v) is 11.6. The number of aromatic nitrogens is 2. The number of aryl methyl sites for hydroxylation is 1. The average molecular weight is 269 g/mol. The van der Waals surface area contributed by atoms with E-state index in [1.165, 1.54) is 10.9 Å². The largest absolute Gasteiger partial charge is 0.478 e. The number of rotatable bonds is 4. The molecule has 0 spiro atoms.